The molecule has 88 valence electrons. The summed E-state index contributed by atoms with van der Waals surface area (Å²) in [6.45, 7) is 7.35. The van der Waals surface area contributed by atoms with Crippen LogP contribution >= 0.6 is 11.6 Å². The largest absolute Gasteiger partial charge is 0.311 e. The molecule has 16 heavy (non-hydrogen) atoms. The van der Waals surface area contributed by atoms with Crippen molar-refractivity contribution in [3.05, 3.63) is 23.2 Å². The SMILES string of the molecule is CC1CN(Cc2cnc(Cl)cn2)C(C)CN1. The van der Waals surface area contributed by atoms with Crippen molar-refractivity contribution in [1.82, 2.24) is 20.2 Å². The van der Waals surface area contributed by atoms with Crippen LogP contribution in [0.15, 0.2) is 12.4 Å². The van der Waals surface area contributed by atoms with E-state index in [1.54, 1.807) is 12.4 Å². The first-order valence-corrected chi connectivity index (χ1v) is 5.97. The van der Waals surface area contributed by atoms with Gasteiger partial charge in [-0.25, -0.2) is 4.98 Å². The van der Waals surface area contributed by atoms with Gasteiger partial charge in [-0.15, -0.1) is 0 Å². The molecule has 0 bridgehead atoms. The van der Waals surface area contributed by atoms with E-state index in [-0.39, 0.29) is 0 Å². The van der Waals surface area contributed by atoms with Gasteiger partial charge in [0, 0.05) is 31.7 Å². The van der Waals surface area contributed by atoms with Gasteiger partial charge in [-0.2, -0.15) is 0 Å². The number of nitrogens with zero attached hydrogens (tertiary/aromatic N) is 3. The van der Waals surface area contributed by atoms with E-state index in [9.17, 15) is 0 Å². The number of halogens is 1. The lowest BCUT2D eigenvalue weighted by Crippen LogP contribution is -2.53. The number of nitrogens with one attached hydrogen (secondary N) is 1. The van der Waals surface area contributed by atoms with Gasteiger partial charge in [0.25, 0.3) is 0 Å². The minimum absolute atomic E-state index is 0.450. The van der Waals surface area contributed by atoms with Crippen molar-refractivity contribution in [2.75, 3.05) is 13.1 Å². The lowest BCUT2D eigenvalue weighted by molar-refractivity contribution is 0.137. The minimum Gasteiger partial charge on any atom is -0.311 e. The maximum atomic E-state index is 5.71. The van der Waals surface area contributed by atoms with Crippen LogP contribution in [-0.2, 0) is 6.54 Å². The van der Waals surface area contributed by atoms with E-state index in [0.29, 0.717) is 17.2 Å². The van der Waals surface area contributed by atoms with Gasteiger partial charge in [-0.3, -0.25) is 9.88 Å². The van der Waals surface area contributed by atoms with E-state index >= 15 is 0 Å². The third-order valence-electron chi connectivity index (χ3n) is 2.93. The molecule has 4 nitrogen and oxygen atoms in total. The highest BCUT2D eigenvalue weighted by atomic mass is 35.5. The molecule has 1 aliphatic rings. The standard InChI is InChI=1S/C11H17ClN4/c1-8-6-16(9(2)3-13-8)7-10-4-15-11(12)5-14-10/h4-5,8-9,13H,3,6-7H2,1-2H3. The van der Waals surface area contributed by atoms with E-state index in [1.165, 1.54) is 0 Å². The second-order valence-corrected chi connectivity index (χ2v) is 4.81. The lowest BCUT2D eigenvalue weighted by atomic mass is 10.1. The van der Waals surface area contributed by atoms with E-state index in [1.807, 2.05) is 0 Å². The first-order chi connectivity index (χ1) is 7.65. The highest BCUT2D eigenvalue weighted by Gasteiger charge is 2.22. The van der Waals surface area contributed by atoms with Gasteiger partial charge < -0.3 is 5.32 Å². The number of aromatic nitrogens is 2. The van der Waals surface area contributed by atoms with Gasteiger partial charge >= 0.3 is 0 Å². The Bertz CT molecular complexity index is 340. The molecule has 2 atom stereocenters. The monoisotopic (exact) mass is 240 g/mol. The molecule has 0 saturated carbocycles. The number of hydrogen-bond acceptors (Lipinski definition) is 4. The third-order valence-corrected chi connectivity index (χ3v) is 3.13. The predicted molar refractivity (Wildman–Crippen MR) is 64.4 cm³/mol. The highest BCUT2D eigenvalue weighted by Crippen LogP contribution is 2.11. The minimum atomic E-state index is 0.450. The molecule has 1 aliphatic heterocycles. The summed E-state index contributed by atoms with van der Waals surface area (Å²) in [6, 6.07) is 1.07. The van der Waals surface area contributed by atoms with Crippen LogP contribution in [0.4, 0.5) is 0 Å². The predicted octanol–water partition coefficient (Wildman–Crippen LogP) is 1.31. The zero-order valence-electron chi connectivity index (χ0n) is 9.65. The zero-order valence-corrected chi connectivity index (χ0v) is 10.4. The molecule has 0 radical (unpaired) electrons. The number of hydrogen-bond donors (Lipinski definition) is 1. The third kappa shape index (κ3) is 2.90. The molecule has 0 aliphatic carbocycles. The average Bonchev–Trinajstić information content (AvgIpc) is 2.27. The number of rotatable bonds is 2. The molecule has 1 aromatic heterocycles. The molecule has 2 rings (SSSR count). The Morgan fingerprint density at radius 3 is 2.94 bits per heavy atom. The van der Waals surface area contributed by atoms with Crippen LogP contribution in [-0.4, -0.2) is 40.0 Å². The quantitative estimate of drug-likeness (QED) is 0.847. The Morgan fingerprint density at radius 1 is 1.44 bits per heavy atom. The van der Waals surface area contributed by atoms with Crippen molar-refractivity contribution in [2.24, 2.45) is 0 Å². The van der Waals surface area contributed by atoms with Gasteiger partial charge in [-0.05, 0) is 13.8 Å². The molecular weight excluding hydrogens is 224 g/mol. The molecule has 1 saturated heterocycles. The van der Waals surface area contributed by atoms with Crippen LogP contribution in [0.2, 0.25) is 5.15 Å². The summed E-state index contributed by atoms with van der Waals surface area (Å²) in [6.07, 6.45) is 3.36. The summed E-state index contributed by atoms with van der Waals surface area (Å²) < 4.78 is 0. The Hall–Kier alpha value is -0.710. The van der Waals surface area contributed by atoms with Crippen molar-refractivity contribution < 1.29 is 0 Å². The summed E-state index contributed by atoms with van der Waals surface area (Å²) in [7, 11) is 0. The molecule has 2 unspecified atom stereocenters. The Morgan fingerprint density at radius 2 is 2.25 bits per heavy atom. The summed E-state index contributed by atoms with van der Waals surface area (Å²) in [5.41, 5.74) is 0.977. The molecule has 0 aromatic carbocycles. The summed E-state index contributed by atoms with van der Waals surface area (Å²) >= 11 is 5.71. The molecule has 2 heterocycles. The van der Waals surface area contributed by atoms with Crippen molar-refractivity contribution in [3.63, 3.8) is 0 Å². The normalized spacial score (nSPS) is 26.9. The van der Waals surface area contributed by atoms with Crippen LogP contribution in [0, 0.1) is 0 Å². The van der Waals surface area contributed by atoms with Crippen molar-refractivity contribution in [2.45, 2.75) is 32.5 Å². The van der Waals surface area contributed by atoms with E-state index in [0.717, 1.165) is 25.3 Å². The van der Waals surface area contributed by atoms with Crippen molar-refractivity contribution in [3.8, 4) is 0 Å². The van der Waals surface area contributed by atoms with Crippen molar-refractivity contribution in [1.29, 1.82) is 0 Å². The van der Waals surface area contributed by atoms with Gasteiger partial charge in [-0.1, -0.05) is 11.6 Å². The maximum Gasteiger partial charge on any atom is 0.147 e. The molecule has 5 heteroatoms. The van der Waals surface area contributed by atoms with Gasteiger partial charge in [0.1, 0.15) is 5.15 Å². The molecule has 1 aromatic rings. The van der Waals surface area contributed by atoms with E-state index in [2.05, 4.69) is 34.0 Å². The fourth-order valence-corrected chi connectivity index (χ4v) is 2.04. The fourth-order valence-electron chi connectivity index (χ4n) is 1.95. The Kier molecular flexibility index (Phi) is 3.74. The molecule has 0 amide bonds. The van der Waals surface area contributed by atoms with Gasteiger partial charge in [0.15, 0.2) is 0 Å². The first kappa shape index (κ1) is 11.8. The second kappa shape index (κ2) is 5.08. The fraction of sp³-hybridized carbons (Fsp3) is 0.636. The average molecular weight is 241 g/mol. The zero-order chi connectivity index (χ0) is 11.5. The van der Waals surface area contributed by atoms with Crippen LogP contribution in [0.25, 0.3) is 0 Å². The highest BCUT2D eigenvalue weighted by molar-refractivity contribution is 6.29. The Labute approximate surface area is 101 Å². The van der Waals surface area contributed by atoms with Gasteiger partial charge in [0.2, 0.25) is 0 Å². The molecule has 1 N–H and O–H groups in total. The first-order valence-electron chi connectivity index (χ1n) is 5.59. The molecule has 0 spiro atoms. The summed E-state index contributed by atoms with van der Waals surface area (Å²) in [5.74, 6) is 0. The van der Waals surface area contributed by atoms with E-state index in [4.69, 9.17) is 11.6 Å². The topological polar surface area (TPSA) is 41.1 Å². The second-order valence-electron chi connectivity index (χ2n) is 4.42. The number of piperazine rings is 1. The maximum absolute atomic E-state index is 5.71. The van der Waals surface area contributed by atoms with E-state index < -0.39 is 0 Å². The van der Waals surface area contributed by atoms with Crippen LogP contribution in [0.3, 0.4) is 0 Å². The summed E-state index contributed by atoms with van der Waals surface area (Å²) in [4.78, 5) is 10.7. The van der Waals surface area contributed by atoms with Crippen LogP contribution in [0.1, 0.15) is 19.5 Å². The van der Waals surface area contributed by atoms with Gasteiger partial charge in [0.05, 0.1) is 18.1 Å². The molecule has 1 fully saturated rings. The van der Waals surface area contributed by atoms with Crippen molar-refractivity contribution >= 4 is 11.6 Å². The lowest BCUT2D eigenvalue weighted by Gasteiger charge is -2.37. The van der Waals surface area contributed by atoms with Crippen LogP contribution < -0.4 is 5.32 Å². The Balaban J connectivity index is 2.00. The smallest absolute Gasteiger partial charge is 0.147 e. The summed E-state index contributed by atoms with van der Waals surface area (Å²) in [5, 5.41) is 3.91. The molecular formula is C11H17ClN4. The van der Waals surface area contributed by atoms with Crippen LogP contribution in [0.5, 0.6) is 0 Å².